The van der Waals surface area contributed by atoms with E-state index in [-0.39, 0.29) is 11.5 Å². The van der Waals surface area contributed by atoms with Gasteiger partial charge in [-0.2, -0.15) is 0 Å². The number of fused-ring (bicyclic) bond motifs is 1. The van der Waals surface area contributed by atoms with Crippen molar-refractivity contribution in [2.75, 3.05) is 31.3 Å². The maximum atomic E-state index is 13.0. The maximum absolute atomic E-state index is 13.0. The molecule has 1 aromatic rings. The van der Waals surface area contributed by atoms with E-state index in [2.05, 4.69) is 5.32 Å². The molecule has 0 bridgehead atoms. The molecular weight excluding hydrogens is 398 g/mol. The van der Waals surface area contributed by atoms with Crippen molar-refractivity contribution >= 4 is 21.7 Å². The van der Waals surface area contributed by atoms with Gasteiger partial charge < -0.3 is 19.5 Å². The third-order valence-electron chi connectivity index (χ3n) is 5.87. The Hall–Kier alpha value is -2.29. The fourth-order valence-corrected chi connectivity index (χ4v) is 6.05. The molecule has 29 heavy (non-hydrogen) atoms. The smallest absolute Gasteiger partial charge is 0.317 e. The Morgan fingerprint density at radius 2 is 1.86 bits per heavy atom. The van der Waals surface area contributed by atoms with Crippen LogP contribution in [0.2, 0.25) is 0 Å². The number of rotatable bonds is 5. The molecule has 9 heteroatoms. The number of benzene rings is 1. The van der Waals surface area contributed by atoms with Crippen molar-refractivity contribution < 1.29 is 32.2 Å². The summed E-state index contributed by atoms with van der Waals surface area (Å²) in [6.45, 7) is 0.545. The number of nitrogens with one attached hydrogen (secondary N) is 1. The second-order valence-corrected chi connectivity index (χ2v) is 10.1. The first-order valence-electron chi connectivity index (χ1n) is 9.95. The first-order valence-corrected chi connectivity index (χ1v) is 11.8. The molecule has 2 heterocycles. The molecule has 1 aromatic carbocycles. The van der Waals surface area contributed by atoms with Crippen LogP contribution in [-0.2, 0) is 29.6 Å². The molecule has 4 rings (SSSR count). The monoisotopic (exact) mass is 423 g/mol. The Labute approximate surface area is 169 Å². The molecule has 8 nitrogen and oxygen atoms in total. The molecular formula is C20H25NO7S. The van der Waals surface area contributed by atoms with Crippen LogP contribution >= 0.6 is 0 Å². The van der Waals surface area contributed by atoms with Crippen LogP contribution in [-0.4, -0.2) is 57.7 Å². The van der Waals surface area contributed by atoms with Crippen LogP contribution in [0, 0.1) is 0 Å². The molecule has 1 aliphatic carbocycles. The lowest BCUT2D eigenvalue weighted by atomic mass is 9.78. The van der Waals surface area contributed by atoms with Gasteiger partial charge in [0.05, 0.1) is 16.9 Å². The summed E-state index contributed by atoms with van der Waals surface area (Å²) in [5, 5.41) is 2.64. The lowest BCUT2D eigenvalue weighted by Gasteiger charge is -2.29. The van der Waals surface area contributed by atoms with Crippen LogP contribution < -0.4 is 14.8 Å². The average Bonchev–Trinajstić information content (AvgIpc) is 3.33. The van der Waals surface area contributed by atoms with E-state index < -0.39 is 39.8 Å². The van der Waals surface area contributed by atoms with E-state index in [1.807, 2.05) is 18.2 Å². The highest BCUT2D eigenvalue weighted by atomic mass is 32.2. The van der Waals surface area contributed by atoms with Gasteiger partial charge in [0.15, 0.2) is 27.9 Å². The van der Waals surface area contributed by atoms with Gasteiger partial charge in [0.2, 0.25) is 0 Å². The number of carbonyl (C=O) groups excluding carboxylic acids is 2. The van der Waals surface area contributed by atoms with E-state index in [9.17, 15) is 18.0 Å². The van der Waals surface area contributed by atoms with Crippen LogP contribution in [0.4, 0.5) is 0 Å². The summed E-state index contributed by atoms with van der Waals surface area (Å²) in [7, 11) is -3.08. The van der Waals surface area contributed by atoms with Gasteiger partial charge in [-0.05, 0) is 37.0 Å². The molecule has 0 unspecified atom stereocenters. The molecule has 0 aromatic heterocycles. The first-order chi connectivity index (χ1) is 13.9. The zero-order valence-electron chi connectivity index (χ0n) is 16.1. The quantitative estimate of drug-likeness (QED) is 0.707. The van der Waals surface area contributed by atoms with Crippen molar-refractivity contribution in [1.82, 2.24) is 5.32 Å². The minimum atomic E-state index is -3.08. The molecule has 158 valence electrons. The van der Waals surface area contributed by atoms with Gasteiger partial charge in [-0.15, -0.1) is 0 Å². The lowest BCUT2D eigenvalue weighted by Crippen LogP contribution is -2.41. The summed E-state index contributed by atoms with van der Waals surface area (Å²) in [6, 6.07) is 5.10. The number of ether oxygens (including phenoxy) is 3. The van der Waals surface area contributed by atoms with Gasteiger partial charge in [0, 0.05) is 6.04 Å². The van der Waals surface area contributed by atoms with Gasteiger partial charge in [0.25, 0.3) is 5.91 Å². The molecule has 1 amide bonds. The maximum Gasteiger partial charge on any atom is 0.317 e. The van der Waals surface area contributed by atoms with Crippen molar-refractivity contribution in [3.8, 4) is 11.5 Å². The molecule has 2 fully saturated rings. The lowest BCUT2D eigenvalue weighted by molar-refractivity contribution is -0.154. The first kappa shape index (κ1) is 20.0. The molecule has 0 spiro atoms. The number of hydrogen-bond acceptors (Lipinski definition) is 7. The Balaban J connectivity index is 1.42. The Morgan fingerprint density at radius 1 is 1.14 bits per heavy atom. The standard InChI is InChI=1S/C20H25NO7S/c22-18(21-15-5-10-29(24,25)13-15)12-28-19(23)20(6-1-2-7-20)14-3-4-16-17(11-14)27-9-8-26-16/h3-4,11,15H,1-2,5-10,12-13H2,(H,21,22)/t15-/m0/s1. The molecule has 1 saturated heterocycles. The van der Waals surface area contributed by atoms with E-state index in [0.29, 0.717) is 44.0 Å². The van der Waals surface area contributed by atoms with Crippen LogP contribution in [0.1, 0.15) is 37.7 Å². The number of hydrogen-bond donors (Lipinski definition) is 1. The molecule has 1 saturated carbocycles. The predicted octanol–water partition coefficient (Wildman–Crippen LogP) is 1.12. The van der Waals surface area contributed by atoms with Gasteiger partial charge in [-0.1, -0.05) is 18.9 Å². The third kappa shape index (κ3) is 4.19. The Morgan fingerprint density at radius 3 is 2.55 bits per heavy atom. The van der Waals surface area contributed by atoms with Gasteiger partial charge in [0.1, 0.15) is 13.2 Å². The molecule has 1 atom stereocenters. The zero-order chi connectivity index (χ0) is 20.5. The second kappa shape index (κ2) is 7.85. The Kier molecular flexibility index (Phi) is 5.42. The minimum absolute atomic E-state index is 0.0617. The van der Waals surface area contributed by atoms with Crippen molar-refractivity contribution in [3.63, 3.8) is 0 Å². The molecule has 1 N–H and O–H groups in total. The number of esters is 1. The zero-order valence-corrected chi connectivity index (χ0v) is 17.0. The molecule has 3 aliphatic rings. The van der Waals surface area contributed by atoms with Crippen molar-refractivity contribution in [2.24, 2.45) is 0 Å². The van der Waals surface area contributed by atoms with Crippen LogP contribution in [0.25, 0.3) is 0 Å². The topological polar surface area (TPSA) is 108 Å². The SMILES string of the molecule is O=C(COC(=O)C1(c2ccc3c(c2)OCCO3)CCCC1)N[C@H]1CCS(=O)(=O)C1. The van der Waals surface area contributed by atoms with E-state index >= 15 is 0 Å². The van der Waals surface area contributed by atoms with Gasteiger partial charge >= 0.3 is 5.97 Å². The molecule has 0 radical (unpaired) electrons. The second-order valence-electron chi connectivity index (χ2n) is 7.89. The fourth-order valence-electron chi connectivity index (χ4n) is 4.38. The third-order valence-corrected chi connectivity index (χ3v) is 7.64. The summed E-state index contributed by atoms with van der Waals surface area (Å²) in [5.74, 6) is 0.385. The molecule has 2 aliphatic heterocycles. The summed E-state index contributed by atoms with van der Waals surface area (Å²) in [6.07, 6.45) is 3.48. The summed E-state index contributed by atoms with van der Waals surface area (Å²) >= 11 is 0. The highest BCUT2D eigenvalue weighted by Crippen LogP contribution is 2.45. The highest BCUT2D eigenvalue weighted by Gasteiger charge is 2.45. The van der Waals surface area contributed by atoms with Gasteiger partial charge in [-0.3, -0.25) is 9.59 Å². The van der Waals surface area contributed by atoms with Crippen LogP contribution in [0.3, 0.4) is 0 Å². The van der Waals surface area contributed by atoms with E-state index in [4.69, 9.17) is 14.2 Å². The van der Waals surface area contributed by atoms with Gasteiger partial charge in [-0.25, -0.2) is 8.42 Å². The van der Waals surface area contributed by atoms with Crippen molar-refractivity contribution in [3.05, 3.63) is 23.8 Å². The number of amides is 1. The fraction of sp³-hybridized carbons (Fsp3) is 0.600. The van der Waals surface area contributed by atoms with E-state index in [0.717, 1.165) is 18.4 Å². The number of carbonyl (C=O) groups is 2. The Bertz CT molecular complexity index is 905. The normalized spacial score (nSPS) is 24.1. The van der Waals surface area contributed by atoms with Crippen molar-refractivity contribution in [1.29, 1.82) is 0 Å². The van der Waals surface area contributed by atoms with Crippen LogP contribution in [0.5, 0.6) is 11.5 Å². The minimum Gasteiger partial charge on any atom is -0.486 e. The summed E-state index contributed by atoms with van der Waals surface area (Å²) in [4.78, 5) is 25.2. The largest absolute Gasteiger partial charge is 0.486 e. The van der Waals surface area contributed by atoms with E-state index in [1.54, 1.807) is 0 Å². The van der Waals surface area contributed by atoms with Crippen molar-refractivity contribution in [2.45, 2.75) is 43.6 Å². The summed E-state index contributed by atoms with van der Waals surface area (Å²) in [5.41, 5.74) is 0.0128. The van der Waals surface area contributed by atoms with Crippen LogP contribution in [0.15, 0.2) is 18.2 Å². The average molecular weight is 423 g/mol. The predicted molar refractivity (Wildman–Crippen MR) is 104 cm³/mol. The highest BCUT2D eigenvalue weighted by molar-refractivity contribution is 7.91. The number of sulfone groups is 1. The van der Waals surface area contributed by atoms with E-state index in [1.165, 1.54) is 0 Å². The summed E-state index contributed by atoms with van der Waals surface area (Å²) < 4.78 is 39.6.